The summed E-state index contributed by atoms with van der Waals surface area (Å²) in [5.41, 5.74) is 9.97. The molecule has 6 nitrogen and oxygen atoms in total. The van der Waals surface area contributed by atoms with Gasteiger partial charge in [0, 0.05) is 11.4 Å². The van der Waals surface area contributed by atoms with E-state index in [1.54, 1.807) is 48.5 Å². The van der Waals surface area contributed by atoms with E-state index in [4.69, 9.17) is 11.5 Å². The van der Waals surface area contributed by atoms with Crippen LogP contribution in [0.3, 0.4) is 0 Å². The van der Waals surface area contributed by atoms with Crippen LogP contribution in [-0.4, -0.2) is 30.1 Å². The number of hydrogen-bond donors (Lipinski definition) is 4. The Morgan fingerprint density at radius 2 is 1.04 bits per heavy atom. The van der Waals surface area contributed by atoms with E-state index in [0.29, 0.717) is 22.5 Å². The minimum absolute atomic E-state index is 0.442. The second kappa shape index (κ2) is 6.67. The van der Waals surface area contributed by atoms with Crippen LogP contribution in [0.15, 0.2) is 48.5 Å². The highest BCUT2D eigenvalue weighted by atomic mass is 32.2. The number of aliphatic hydroxyl groups is 2. The second-order valence-corrected chi connectivity index (χ2v) is 8.89. The first-order valence-electron chi connectivity index (χ1n) is 7.79. The predicted molar refractivity (Wildman–Crippen MR) is 99.5 cm³/mol. The number of anilines is 2. The summed E-state index contributed by atoms with van der Waals surface area (Å²) in [6.07, 6.45) is 0. The number of hydrogen-bond acceptors (Lipinski definition) is 6. The van der Waals surface area contributed by atoms with Gasteiger partial charge in [-0.1, -0.05) is 24.3 Å². The summed E-state index contributed by atoms with van der Waals surface area (Å²) in [5, 5.41) is 21.2. The SMILES string of the molecule is CC(O)(CS(=O)(=O)CC(C)(O)c1ccc(N)cc1)c1ccc(N)cc1. The fraction of sp³-hybridized carbons (Fsp3) is 0.333. The van der Waals surface area contributed by atoms with Gasteiger partial charge in [0.15, 0.2) is 9.84 Å². The normalized spacial score (nSPS) is 16.8. The molecule has 2 atom stereocenters. The number of benzene rings is 2. The average molecular weight is 364 g/mol. The van der Waals surface area contributed by atoms with Crippen molar-refractivity contribution in [1.82, 2.24) is 0 Å². The van der Waals surface area contributed by atoms with Crippen molar-refractivity contribution < 1.29 is 18.6 Å². The van der Waals surface area contributed by atoms with Gasteiger partial charge >= 0.3 is 0 Å². The van der Waals surface area contributed by atoms with Gasteiger partial charge in [0.05, 0.1) is 11.5 Å². The first-order chi connectivity index (χ1) is 11.4. The van der Waals surface area contributed by atoms with Crippen LogP contribution in [0.4, 0.5) is 11.4 Å². The molecule has 2 unspecified atom stereocenters. The van der Waals surface area contributed by atoms with Gasteiger partial charge in [0.25, 0.3) is 0 Å². The lowest BCUT2D eigenvalue weighted by molar-refractivity contribution is 0.0744. The number of sulfone groups is 1. The zero-order valence-corrected chi connectivity index (χ0v) is 15.1. The Morgan fingerprint density at radius 3 is 1.32 bits per heavy atom. The molecule has 2 rings (SSSR count). The van der Waals surface area contributed by atoms with Crippen molar-refractivity contribution in [3.05, 3.63) is 59.7 Å². The summed E-state index contributed by atoms with van der Waals surface area (Å²) in [5.74, 6) is -1.04. The van der Waals surface area contributed by atoms with E-state index in [-0.39, 0.29) is 0 Å². The molecular formula is C18H24N2O4S. The van der Waals surface area contributed by atoms with Crippen molar-refractivity contribution >= 4 is 21.2 Å². The Bertz CT molecular complexity index is 761. The topological polar surface area (TPSA) is 127 Å². The van der Waals surface area contributed by atoms with Crippen molar-refractivity contribution in [3.63, 3.8) is 0 Å². The van der Waals surface area contributed by atoms with Gasteiger partial charge in [-0.3, -0.25) is 0 Å². The summed E-state index contributed by atoms with van der Waals surface area (Å²) in [6.45, 7) is 2.85. The van der Waals surface area contributed by atoms with Gasteiger partial charge < -0.3 is 21.7 Å². The van der Waals surface area contributed by atoms with Crippen LogP contribution in [0.5, 0.6) is 0 Å². The quantitative estimate of drug-likeness (QED) is 0.574. The molecule has 0 spiro atoms. The predicted octanol–water partition coefficient (Wildman–Crippen LogP) is 1.38. The first-order valence-corrected chi connectivity index (χ1v) is 9.61. The highest BCUT2D eigenvalue weighted by molar-refractivity contribution is 7.91. The van der Waals surface area contributed by atoms with Gasteiger partial charge in [0.2, 0.25) is 0 Å². The zero-order chi connectivity index (χ0) is 18.9. The molecular weight excluding hydrogens is 340 g/mol. The lowest BCUT2D eigenvalue weighted by Gasteiger charge is -2.28. The maximum absolute atomic E-state index is 12.6. The zero-order valence-electron chi connectivity index (χ0n) is 14.3. The lowest BCUT2D eigenvalue weighted by atomic mass is 9.98. The summed E-state index contributed by atoms with van der Waals surface area (Å²) in [4.78, 5) is 0. The van der Waals surface area contributed by atoms with Crippen molar-refractivity contribution in [2.24, 2.45) is 0 Å². The van der Waals surface area contributed by atoms with Crippen LogP contribution in [0, 0.1) is 0 Å². The van der Waals surface area contributed by atoms with Gasteiger partial charge in [-0.2, -0.15) is 0 Å². The molecule has 0 aromatic heterocycles. The Morgan fingerprint density at radius 1 is 0.760 bits per heavy atom. The van der Waals surface area contributed by atoms with Crippen LogP contribution in [0.2, 0.25) is 0 Å². The molecule has 2 aromatic carbocycles. The maximum Gasteiger partial charge on any atom is 0.156 e. The summed E-state index contributed by atoms with van der Waals surface area (Å²) >= 11 is 0. The molecule has 25 heavy (non-hydrogen) atoms. The summed E-state index contributed by atoms with van der Waals surface area (Å²) < 4.78 is 25.1. The monoisotopic (exact) mass is 364 g/mol. The Hall–Kier alpha value is -2.09. The number of nitrogens with two attached hydrogens (primary N) is 2. The summed E-state index contributed by atoms with van der Waals surface area (Å²) in [6, 6.07) is 12.7. The third-order valence-electron chi connectivity index (χ3n) is 4.07. The fourth-order valence-electron chi connectivity index (χ4n) is 2.76. The van der Waals surface area contributed by atoms with Crippen molar-refractivity contribution in [2.45, 2.75) is 25.0 Å². The Balaban J connectivity index is 2.20. The molecule has 6 N–H and O–H groups in total. The third-order valence-corrected chi connectivity index (χ3v) is 6.07. The van der Waals surface area contributed by atoms with Crippen molar-refractivity contribution in [2.75, 3.05) is 23.0 Å². The molecule has 0 saturated carbocycles. The largest absolute Gasteiger partial charge is 0.399 e. The first kappa shape index (κ1) is 19.2. The smallest absolute Gasteiger partial charge is 0.156 e. The maximum atomic E-state index is 12.6. The van der Waals surface area contributed by atoms with Gasteiger partial charge in [-0.15, -0.1) is 0 Å². The third kappa shape index (κ3) is 4.94. The molecule has 0 saturated heterocycles. The van der Waals surface area contributed by atoms with Crippen LogP contribution < -0.4 is 11.5 Å². The fourth-order valence-corrected chi connectivity index (χ4v) is 4.91. The van der Waals surface area contributed by atoms with Crippen molar-refractivity contribution in [3.8, 4) is 0 Å². The number of rotatable bonds is 6. The second-order valence-electron chi connectivity index (χ2n) is 6.82. The van der Waals surface area contributed by atoms with E-state index in [0.717, 1.165) is 0 Å². The van der Waals surface area contributed by atoms with E-state index in [1.807, 2.05) is 0 Å². The molecule has 0 aliphatic heterocycles. The van der Waals surface area contributed by atoms with E-state index in [2.05, 4.69) is 0 Å². The summed E-state index contributed by atoms with van der Waals surface area (Å²) in [7, 11) is -3.78. The Labute approximate surface area is 148 Å². The molecule has 0 aliphatic rings. The van der Waals surface area contributed by atoms with Gasteiger partial charge in [-0.25, -0.2) is 8.42 Å². The van der Waals surface area contributed by atoms with E-state index < -0.39 is 32.5 Å². The number of nitrogen functional groups attached to an aromatic ring is 2. The van der Waals surface area contributed by atoms with E-state index in [1.165, 1.54) is 13.8 Å². The molecule has 0 radical (unpaired) electrons. The molecule has 0 amide bonds. The Kier molecular flexibility index (Phi) is 5.13. The average Bonchev–Trinajstić information content (AvgIpc) is 2.45. The van der Waals surface area contributed by atoms with Crippen LogP contribution in [0.1, 0.15) is 25.0 Å². The van der Waals surface area contributed by atoms with Crippen LogP contribution in [0.25, 0.3) is 0 Å². The lowest BCUT2D eigenvalue weighted by Crippen LogP contribution is -2.38. The highest BCUT2D eigenvalue weighted by Gasteiger charge is 2.36. The van der Waals surface area contributed by atoms with Crippen molar-refractivity contribution in [1.29, 1.82) is 0 Å². The van der Waals surface area contributed by atoms with Crippen LogP contribution >= 0.6 is 0 Å². The molecule has 136 valence electrons. The van der Waals surface area contributed by atoms with Gasteiger partial charge in [0.1, 0.15) is 11.2 Å². The highest BCUT2D eigenvalue weighted by Crippen LogP contribution is 2.28. The molecule has 0 aliphatic carbocycles. The molecule has 0 bridgehead atoms. The van der Waals surface area contributed by atoms with E-state index >= 15 is 0 Å². The van der Waals surface area contributed by atoms with Crippen LogP contribution in [-0.2, 0) is 21.0 Å². The minimum Gasteiger partial charge on any atom is -0.399 e. The molecule has 7 heteroatoms. The molecule has 2 aromatic rings. The van der Waals surface area contributed by atoms with Gasteiger partial charge in [-0.05, 0) is 49.2 Å². The standard InChI is InChI=1S/C18H24N2O4S/c1-17(21,13-3-7-15(19)8-4-13)11-25(23,24)12-18(2,22)14-5-9-16(20)10-6-14/h3-10,21-22H,11-12,19-20H2,1-2H3. The minimum atomic E-state index is -3.78. The van der Waals surface area contributed by atoms with E-state index in [9.17, 15) is 18.6 Å². The molecule has 0 fully saturated rings. The molecule has 0 heterocycles.